The lowest BCUT2D eigenvalue weighted by molar-refractivity contribution is -0.123. The Balaban J connectivity index is 0.00000289. The number of halogens is 1. The van der Waals surface area contributed by atoms with Gasteiger partial charge >= 0.3 is 0 Å². The zero-order valence-corrected chi connectivity index (χ0v) is 12.6. The molecule has 1 amide bonds. The number of carbonyl (C=O) groups excluding carboxylic acids is 1. The third kappa shape index (κ3) is 6.03. The van der Waals surface area contributed by atoms with Crippen LogP contribution in [-0.4, -0.2) is 43.0 Å². The Bertz CT molecular complexity index is 248. The lowest BCUT2D eigenvalue weighted by atomic mass is 9.92. The number of hydrogen-bond donors (Lipinski definition) is 2. The van der Waals surface area contributed by atoms with Gasteiger partial charge in [-0.1, -0.05) is 20.8 Å². The summed E-state index contributed by atoms with van der Waals surface area (Å²) in [7, 11) is 0. The summed E-state index contributed by atoms with van der Waals surface area (Å²) in [6.07, 6.45) is 2.29. The number of nitrogens with one attached hydrogen (secondary N) is 1. The van der Waals surface area contributed by atoms with Gasteiger partial charge in [-0.2, -0.15) is 0 Å². The van der Waals surface area contributed by atoms with E-state index < -0.39 is 0 Å². The van der Waals surface area contributed by atoms with Crippen LogP contribution in [0.15, 0.2) is 0 Å². The second-order valence-corrected chi connectivity index (χ2v) is 5.69. The molecule has 1 aliphatic heterocycles. The van der Waals surface area contributed by atoms with Crippen LogP contribution in [0.3, 0.4) is 0 Å². The molecule has 0 aromatic carbocycles. The second-order valence-electron chi connectivity index (χ2n) is 5.69. The van der Waals surface area contributed by atoms with Gasteiger partial charge in [0, 0.05) is 19.1 Å². The van der Waals surface area contributed by atoms with Crippen molar-refractivity contribution in [1.29, 1.82) is 0 Å². The molecule has 2 unspecified atom stereocenters. The van der Waals surface area contributed by atoms with Gasteiger partial charge in [-0.15, -0.1) is 12.4 Å². The number of rotatable bonds is 5. The third-order valence-electron chi connectivity index (χ3n) is 3.43. The van der Waals surface area contributed by atoms with E-state index >= 15 is 0 Å². The highest BCUT2D eigenvalue weighted by atomic mass is 35.5. The quantitative estimate of drug-likeness (QED) is 0.795. The predicted octanol–water partition coefficient (Wildman–Crippen LogP) is 1.24. The van der Waals surface area contributed by atoms with Crippen LogP contribution in [0.5, 0.6) is 0 Å². The lowest BCUT2D eigenvalue weighted by Crippen LogP contribution is -2.50. The summed E-state index contributed by atoms with van der Waals surface area (Å²) in [5.74, 6) is 1.37. The highest BCUT2D eigenvalue weighted by Gasteiger charge is 2.26. The van der Waals surface area contributed by atoms with Gasteiger partial charge in [-0.3, -0.25) is 9.69 Å². The van der Waals surface area contributed by atoms with Crippen LogP contribution in [0.25, 0.3) is 0 Å². The summed E-state index contributed by atoms with van der Waals surface area (Å²) in [5, 5.41) is 2.96. The summed E-state index contributed by atoms with van der Waals surface area (Å²) >= 11 is 0. The van der Waals surface area contributed by atoms with Gasteiger partial charge in [0.15, 0.2) is 0 Å². The van der Waals surface area contributed by atoms with E-state index in [1.165, 1.54) is 6.42 Å². The SMILES string of the molecule is CC(C)CNC(=O)CN1CCC(C)CC1CN.Cl. The smallest absolute Gasteiger partial charge is 0.234 e. The van der Waals surface area contributed by atoms with Crippen molar-refractivity contribution in [3.05, 3.63) is 0 Å². The zero-order valence-electron chi connectivity index (χ0n) is 11.8. The highest BCUT2D eigenvalue weighted by Crippen LogP contribution is 2.21. The second kappa shape index (κ2) is 8.73. The molecule has 1 rings (SSSR count). The average Bonchev–Trinajstić information content (AvgIpc) is 2.28. The third-order valence-corrected chi connectivity index (χ3v) is 3.43. The molecule has 5 heteroatoms. The van der Waals surface area contributed by atoms with Crippen molar-refractivity contribution < 1.29 is 4.79 Å². The van der Waals surface area contributed by atoms with Crippen molar-refractivity contribution in [2.75, 3.05) is 26.2 Å². The van der Waals surface area contributed by atoms with E-state index in [2.05, 4.69) is 31.0 Å². The first-order valence-electron chi connectivity index (χ1n) is 6.73. The maximum atomic E-state index is 11.8. The van der Waals surface area contributed by atoms with Gasteiger partial charge < -0.3 is 11.1 Å². The Morgan fingerprint density at radius 1 is 1.50 bits per heavy atom. The summed E-state index contributed by atoms with van der Waals surface area (Å²) in [4.78, 5) is 14.0. The molecule has 18 heavy (non-hydrogen) atoms. The molecule has 0 aliphatic carbocycles. The number of carbonyl (C=O) groups is 1. The van der Waals surface area contributed by atoms with Crippen LogP contribution >= 0.6 is 12.4 Å². The van der Waals surface area contributed by atoms with Crippen LogP contribution in [0.4, 0.5) is 0 Å². The molecule has 108 valence electrons. The van der Waals surface area contributed by atoms with E-state index in [-0.39, 0.29) is 18.3 Å². The lowest BCUT2D eigenvalue weighted by Gasteiger charge is -2.37. The van der Waals surface area contributed by atoms with E-state index in [1.54, 1.807) is 0 Å². The Labute approximate surface area is 117 Å². The fourth-order valence-corrected chi connectivity index (χ4v) is 2.31. The summed E-state index contributed by atoms with van der Waals surface area (Å²) in [6, 6.07) is 0.378. The molecule has 1 saturated heterocycles. The molecule has 0 aromatic heterocycles. The van der Waals surface area contributed by atoms with Gasteiger partial charge in [-0.05, 0) is 31.2 Å². The van der Waals surface area contributed by atoms with Gasteiger partial charge in [0.05, 0.1) is 6.54 Å². The number of piperidine rings is 1. The number of nitrogens with zero attached hydrogens (tertiary/aromatic N) is 1. The van der Waals surface area contributed by atoms with Crippen LogP contribution in [0, 0.1) is 11.8 Å². The molecule has 0 spiro atoms. The van der Waals surface area contributed by atoms with Gasteiger partial charge in [0.25, 0.3) is 0 Å². The first-order valence-corrected chi connectivity index (χ1v) is 6.73. The van der Waals surface area contributed by atoms with Gasteiger partial charge in [-0.25, -0.2) is 0 Å². The maximum absolute atomic E-state index is 11.8. The Morgan fingerprint density at radius 3 is 2.72 bits per heavy atom. The zero-order chi connectivity index (χ0) is 12.8. The fourth-order valence-electron chi connectivity index (χ4n) is 2.31. The molecule has 1 heterocycles. The largest absolute Gasteiger partial charge is 0.355 e. The van der Waals surface area contributed by atoms with Crippen LogP contribution in [-0.2, 0) is 4.79 Å². The Morgan fingerprint density at radius 2 is 2.17 bits per heavy atom. The molecule has 0 radical (unpaired) electrons. The predicted molar refractivity (Wildman–Crippen MR) is 77.9 cm³/mol. The molecular weight excluding hydrogens is 250 g/mol. The number of likely N-dealkylation sites (tertiary alicyclic amines) is 1. The molecule has 2 atom stereocenters. The normalized spacial score (nSPS) is 24.7. The Hall–Kier alpha value is -0.320. The number of hydrogen-bond acceptors (Lipinski definition) is 3. The molecular formula is C13H28ClN3O. The van der Waals surface area contributed by atoms with Crippen LogP contribution in [0.2, 0.25) is 0 Å². The van der Waals surface area contributed by atoms with Gasteiger partial charge in [0.2, 0.25) is 5.91 Å². The van der Waals surface area contributed by atoms with Crippen molar-refractivity contribution in [2.24, 2.45) is 17.6 Å². The molecule has 0 aromatic rings. The van der Waals surface area contributed by atoms with Crippen molar-refractivity contribution >= 4 is 18.3 Å². The highest BCUT2D eigenvalue weighted by molar-refractivity contribution is 5.85. The first-order chi connectivity index (χ1) is 8.02. The minimum Gasteiger partial charge on any atom is -0.355 e. The summed E-state index contributed by atoms with van der Waals surface area (Å²) in [6.45, 7) is 9.38. The minimum atomic E-state index is 0. The number of nitrogens with two attached hydrogens (primary N) is 1. The summed E-state index contributed by atoms with van der Waals surface area (Å²) < 4.78 is 0. The Kier molecular flexibility index (Phi) is 8.57. The van der Waals surface area contributed by atoms with E-state index in [0.29, 0.717) is 25.0 Å². The molecule has 1 fully saturated rings. The number of amides is 1. The van der Waals surface area contributed by atoms with E-state index in [1.807, 2.05) is 0 Å². The fraction of sp³-hybridized carbons (Fsp3) is 0.923. The topological polar surface area (TPSA) is 58.4 Å². The maximum Gasteiger partial charge on any atom is 0.234 e. The van der Waals surface area contributed by atoms with E-state index in [9.17, 15) is 4.79 Å². The van der Waals surface area contributed by atoms with E-state index in [4.69, 9.17) is 5.73 Å². The molecule has 0 bridgehead atoms. The van der Waals surface area contributed by atoms with Crippen LogP contribution < -0.4 is 11.1 Å². The average molecular weight is 278 g/mol. The van der Waals surface area contributed by atoms with Gasteiger partial charge in [0.1, 0.15) is 0 Å². The van der Waals surface area contributed by atoms with Crippen molar-refractivity contribution in [3.8, 4) is 0 Å². The van der Waals surface area contributed by atoms with E-state index in [0.717, 1.165) is 25.4 Å². The van der Waals surface area contributed by atoms with Crippen molar-refractivity contribution in [1.82, 2.24) is 10.2 Å². The molecule has 0 saturated carbocycles. The molecule has 1 aliphatic rings. The van der Waals surface area contributed by atoms with Crippen molar-refractivity contribution in [3.63, 3.8) is 0 Å². The van der Waals surface area contributed by atoms with Crippen LogP contribution in [0.1, 0.15) is 33.6 Å². The monoisotopic (exact) mass is 277 g/mol. The first kappa shape index (κ1) is 17.7. The standard InChI is InChI=1S/C13H27N3O.ClH/c1-10(2)8-15-13(17)9-16-5-4-11(3)6-12(16)7-14;/h10-12H,4-9,14H2,1-3H3,(H,15,17);1H. The minimum absolute atomic E-state index is 0. The molecule has 3 N–H and O–H groups in total. The molecule has 4 nitrogen and oxygen atoms in total. The summed E-state index contributed by atoms with van der Waals surface area (Å²) in [5.41, 5.74) is 5.78. The van der Waals surface area contributed by atoms with Crippen molar-refractivity contribution in [2.45, 2.75) is 39.7 Å².